The fraction of sp³-hybridized carbons (Fsp3) is 0.300. The summed E-state index contributed by atoms with van der Waals surface area (Å²) in [6, 6.07) is 7.62. The average Bonchev–Trinajstić information content (AvgIpc) is 2.67. The van der Waals surface area contributed by atoms with Crippen molar-refractivity contribution >= 4 is 28.9 Å². The van der Waals surface area contributed by atoms with Crippen molar-refractivity contribution in [3.8, 4) is 0 Å². The molecule has 2 nitrogen and oxygen atoms in total. The minimum Gasteiger partial charge on any atom is -0.387 e. The highest BCUT2D eigenvalue weighted by Gasteiger charge is 2.23. The van der Waals surface area contributed by atoms with Crippen LogP contribution in [0.5, 0.6) is 0 Å². The van der Waals surface area contributed by atoms with Crippen molar-refractivity contribution in [1.82, 2.24) is 0 Å². The van der Waals surface area contributed by atoms with Crippen LogP contribution in [0.25, 0.3) is 0 Å². The van der Waals surface area contributed by atoms with Gasteiger partial charge in [0.05, 0.1) is 11.6 Å². The molecule has 0 radical (unpaired) electrons. The number of alkyl halides is 1. The summed E-state index contributed by atoms with van der Waals surface area (Å²) >= 11 is 11.7. The second kappa shape index (κ2) is 4.20. The molecule has 1 aromatic carbocycles. The van der Waals surface area contributed by atoms with Crippen molar-refractivity contribution in [3.63, 3.8) is 0 Å². The van der Waals surface area contributed by atoms with Crippen LogP contribution in [0.4, 0.5) is 0 Å². The lowest BCUT2D eigenvalue weighted by atomic mass is 10.1. The van der Waals surface area contributed by atoms with Gasteiger partial charge in [-0.25, -0.2) is 0 Å². The zero-order valence-corrected chi connectivity index (χ0v) is 8.92. The third kappa shape index (κ3) is 1.86. The van der Waals surface area contributed by atoms with Crippen LogP contribution in [0.1, 0.15) is 18.1 Å². The molecule has 0 saturated heterocycles. The highest BCUT2D eigenvalue weighted by Crippen LogP contribution is 2.31. The van der Waals surface area contributed by atoms with Gasteiger partial charge in [0, 0.05) is 17.0 Å². The second-order valence-corrected chi connectivity index (χ2v) is 3.79. The Labute approximate surface area is 92.5 Å². The molecule has 4 heteroatoms. The van der Waals surface area contributed by atoms with Crippen LogP contribution in [-0.2, 0) is 4.84 Å². The molecule has 1 atom stereocenters. The lowest BCUT2D eigenvalue weighted by molar-refractivity contribution is 0.0858. The van der Waals surface area contributed by atoms with E-state index in [2.05, 4.69) is 5.16 Å². The van der Waals surface area contributed by atoms with Crippen LogP contribution < -0.4 is 0 Å². The van der Waals surface area contributed by atoms with E-state index in [9.17, 15) is 0 Å². The van der Waals surface area contributed by atoms with Gasteiger partial charge in [-0.3, -0.25) is 0 Å². The van der Waals surface area contributed by atoms with Gasteiger partial charge in [-0.05, 0) is 6.07 Å². The molecule has 1 aromatic rings. The van der Waals surface area contributed by atoms with Crippen LogP contribution in [0.3, 0.4) is 0 Å². The van der Waals surface area contributed by atoms with E-state index in [4.69, 9.17) is 28.0 Å². The average molecular weight is 230 g/mol. The maximum Gasteiger partial charge on any atom is 0.159 e. The van der Waals surface area contributed by atoms with Gasteiger partial charge in [-0.2, -0.15) is 0 Å². The van der Waals surface area contributed by atoms with Gasteiger partial charge < -0.3 is 4.84 Å². The number of halogens is 2. The molecule has 0 spiro atoms. The van der Waals surface area contributed by atoms with E-state index in [1.165, 1.54) is 0 Å². The second-order valence-electron chi connectivity index (χ2n) is 3.11. The maximum absolute atomic E-state index is 6.03. The molecule has 1 heterocycles. The minimum atomic E-state index is -0.0718. The van der Waals surface area contributed by atoms with E-state index in [1.54, 1.807) is 0 Å². The summed E-state index contributed by atoms with van der Waals surface area (Å²) in [7, 11) is 0. The number of benzene rings is 1. The predicted octanol–water partition coefficient (Wildman–Crippen LogP) is 3.40. The van der Waals surface area contributed by atoms with Gasteiger partial charge in [0.25, 0.3) is 0 Å². The third-order valence-electron chi connectivity index (χ3n) is 2.14. The summed E-state index contributed by atoms with van der Waals surface area (Å²) < 4.78 is 0. The van der Waals surface area contributed by atoms with E-state index in [0.29, 0.717) is 10.9 Å². The van der Waals surface area contributed by atoms with Crippen molar-refractivity contribution in [2.75, 3.05) is 5.88 Å². The Morgan fingerprint density at radius 2 is 2.21 bits per heavy atom. The van der Waals surface area contributed by atoms with Gasteiger partial charge in [0.15, 0.2) is 6.10 Å². The Balaban J connectivity index is 2.16. The molecule has 14 heavy (non-hydrogen) atoms. The summed E-state index contributed by atoms with van der Waals surface area (Å²) in [5, 5.41) is 4.59. The first-order valence-corrected chi connectivity index (χ1v) is 5.24. The smallest absolute Gasteiger partial charge is 0.159 e. The first kappa shape index (κ1) is 9.81. The van der Waals surface area contributed by atoms with E-state index in [-0.39, 0.29) is 6.10 Å². The van der Waals surface area contributed by atoms with Crippen LogP contribution in [-0.4, -0.2) is 11.6 Å². The van der Waals surface area contributed by atoms with E-state index in [0.717, 1.165) is 17.7 Å². The topological polar surface area (TPSA) is 21.6 Å². The van der Waals surface area contributed by atoms with Crippen LogP contribution >= 0.6 is 23.2 Å². The molecule has 0 fully saturated rings. The Morgan fingerprint density at radius 3 is 2.86 bits per heavy atom. The molecule has 1 aliphatic rings. The third-order valence-corrected chi connectivity index (χ3v) is 2.79. The van der Waals surface area contributed by atoms with Crippen LogP contribution in [0, 0.1) is 0 Å². The fourth-order valence-electron chi connectivity index (χ4n) is 1.41. The zero-order chi connectivity index (χ0) is 9.97. The van der Waals surface area contributed by atoms with Crippen molar-refractivity contribution in [2.45, 2.75) is 12.5 Å². The van der Waals surface area contributed by atoms with Crippen molar-refractivity contribution in [2.24, 2.45) is 5.16 Å². The Hall–Kier alpha value is -0.730. The molecule has 0 aliphatic carbocycles. The fourth-order valence-corrected chi connectivity index (χ4v) is 1.82. The van der Waals surface area contributed by atoms with Gasteiger partial charge in [0.2, 0.25) is 0 Å². The SMILES string of the molecule is ClCC1=NOC(c2ccccc2Cl)C1. The first-order valence-electron chi connectivity index (χ1n) is 4.33. The number of oxime groups is 1. The molecule has 0 N–H and O–H groups in total. The molecule has 74 valence electrons. The van der Waals surface area contributed by atoms with Gasteiger partial charge >= 0.3 is 0 Å². The summed E-state index contributed by atoms with van der Waals surface area (Å²) in [5.41, 5.74) is 1.84. The van der Waals surface area contributed by atoms with E-state index < -0.39 is 0 Å². The molecule has 0 bridgehead atoms. The minimum absolute atomic E-state index is 0.0718. The number of hydrogen-bond acceptors (Lipinski definition) is 2. The van der Waals surface area contributed by atoms with Crippen molar-refractivity contribution in [1.29, 1.82) is 0 Å². The normalized spacial score (nSPS) is 20.4. The summed E-state index contributed by atoms with van der Waals surface area (Å²) in [5.74, 6) is 0.418. The molecule has 0 aromatic heterocycles. The predicted molar refractivity (Wildman–Crippen MR) is 58.1 cm³/mol. The standard InChI is InChI=1S/C10H9Cl2NO/c11-6-7-5-10(14-13-7)8-3-1-2-4-9(8)12/h1-4,10H,5-6H2. The summed E-state index contributed by atoms with van der Waals surface area (Å²) in [6.45, 7) is 0. The largest absolute Gasteiger partial charge is 0.387 e. The van der Waals surface area contributed by atoms with Gasteiger partial charge in [0.1, 0.15) is 0 Å². The highest BCUT2D eigenvalue weighted by molar-refractivity contribution is 6.31. The first-order chi connectivity index (χ1) is 6.81. The number of hydrogen-bond donors (Lipinski definition) is 0. The Bertz CT molecular complexity index is 365. The van der Waals surface area contributed by atoms with Gasteiger partial charge in [-0.1, -0.05) is 35.0 Å². The summed E-state index contributed by atoms with van der Waals surface area (Å²) in [4.78, 5) is 5.24. The lowest BCUT2D eigenvalue weighted by Gasteiger charge is -2.09. The zero-order valence-electron chi connectivity index (χ0n) is 7.41. The van der Waals surface area contributed by atoms with Gasteiger partial charge in [-0.15, -0.1) is 11.6 Å². The van der Waals surface area contributed by atoms with Crippen LogP contribution in [0.15, 0.2) is 29.4 Å². The van der Waals surface area contributed by atoms with Crippen LogP contribution in [0.2, 0.25) is 5.02 Å². The number of nitrogens with zero attached hydrogens (tertiary/aromatic N) is 1. The quantitative estimate of drug-likeness (QED) is 0.713. The molecule has 0 amide bonds. The van der Waals surface area contributed by atoms with Crippen molar-refractivity contribution < 1.29 is 4.84 Å². The molecule has 1 unspecified atom stereocenters. The lowest BCUT2D eigenvalue weighted by Crippen LogP contribution is -2.01. The highest BCUT2D eigenvalue weighted by atomic mass is 35.5. The monoisotopic (exact) mass is 229 g/mol. The molecular weight excluding hydrogens is 221 g/mol. The molecular formula is C10H9Cl2NO. The van der Waals surface area contributed by atoms with E-state index in [1.807, 2.05) is 24.3 Å². The number of rotatable bonds is 2. The van der Waals surface area contributed by atoms with Crippen molar-refractivity contribution in [3.05, 3.63) is 34.9 Å². The molecule has 1 aliphatic heterocycles. The summed E-state index contributed by atoms with van der Waals surface area (Å²) in [6.07, 6.45) is 0.658. The molecule has 0 saturated carbocycles. The molecule has 2 rings (SSSR count). The van der Waals surface area contributed by atoms with E-state index >= 15 is 0 Å². The Kier molecular flexibility index (Phi) is 2.94. The maximum atomic E-state index is 6.03. The Morgan fingerprint density at radius 1 is 1.43 bits per heavy atom.